The molecule has 1 saturated heterocycles. The number of aliphatic hydroxyl groups is 1. The molecule has 100 valence electrons. The highest BCUT2D eigenvalue weighted by Crippen LogP contribution is 2.29. The van der Waals surface area contributed by atoms with E-state index in [1.165, 1.54) is 5.56 Å². The van der Waals surface area contributed by atoms with Crippen molar-refractivity contribution >= 4 is 0 Å². The first-order valence-corrected chi connectivity index (χ1v) is 6.68. The molecule has 1 fully saturated rings. The van der Waals surface area contributed by atoms with Crippen LogP contribution in [-0.2, 0) is 15.9 Å². The van der Waals surface area contributed by atoms with Gasteiger partial charge in [-0.2, -0.15) is 0 Å². The first-order valence-electron chi connectivity index (χ1n) is 6.68. The Hall–Kier alpha value is -0.900. The highest BCUT2D eigenvalue weighted by Gasteiger charge is 2.36. The molecule has 0 radical (unpaired) electrons. The molecule has 2 unspecified atom stereocenters. The summed E-state index contributed by atoms with van der Waals surface area (Å²) in [5.74, 6) is -0.495. The Kier molecular flexibility index (Phi) is 4.75. The van der Waals surface area contributed by atoms with Crippen LogP contribution in [0.15, 0.2) is 30.3 Å². The quantitative estimate of drug-likeness (QED) is 0.788. The zero-order chi connectivity index (χ0) is 12.8. The summed E-state index contributed by atoms with van der Waals surface area (Å²) in [6, 6.07) is 10.3. The molecule has 1 heterocycles. The molecule has 2 atom stereocenters. The van der Waals surface area contributed by atoms with E-state index in [1.807, 2.05) is 25.1 Å². The molecule has 1 aliphatic heterocycles. The van der Waals surface area contributed by atoms with Crippen LogP contribution >= 0.6 is 0 Å². The Morgan fingerprint density at radius 2 is 2.06 bits per heavy atom. The molecule has 3 nitrogen and oxygen atoms in total. The Balaban J connectivity index is 1.82. The summed E-state index contributed by atoms with van der Waals surface area (Å²) in [7, 11) is 0. The molecule has 1 aliphatic rings. The predicted molar refractivity (Wildman–Crippen MR) is 70.3 cm³/mol. The van der Waals surface area contributed by atoms with Gasteiger partial charge in [0.15, 0.2) is 5.79 Å². The van der Waals surface area contributed by atoms with E-state index in [0.29, 0.717) is 6.61 Å². The maximum atomic E-state index is 8.77. The van der Waals surface area contributed by atoms with Crippen molar-refractivity contribution in [2.75, 3.05) is 13.2 Å². The molecular weight excluding hydrogens is 228 g/mol. The van der Waals surface area contributed by atoms with E-state index in [0.717, 1.165) is 25.7 Å². The van der Waals surface area contributed by atoms with Gasteiger partial charge in [-0.25, -0.2) is 0 Å². The molecule has 1 N–H and O–H groups in total. The van der Waals surface area contributed by atoms with Gasteiger partial charge in [0.2, 0.25) is 0 Å². The molecule has 2 rings (SSSR count). The number of unbranched alkanes of at least 4 members (excludes halogenated alkanes) is 1. The van der Waals surface area contributed by atoms with Crippen LogP contribution in [0.25, 0.3) is 0 Å². The van der Waals surface area contributed by atoms with E-state index < -0.39 is 5.79 Å². The van der Waals surface area contributed by atoms with Gasteiger partial charge in [0.1, 0.15) is 0 Å². The molecule has 0 aliphatic carbocycles. The number of hydrogen-bond acceptors (Lipinski definition) is 3. The van der Waals surface area contributed by atoms with Crippen molar-refractivity contribution in [2.24, 2.45) is 0 Å². The number of aliphatic hydroxyl groups excluding tert-OH is 1. The van der Waals surface area contributed by atoms with E-state index in [9.17, 15) is 0 Å². The molecule has 1 aromatic rings. The molecule has 0 spiro atoms. The van der Waals surface area contributed by atoms with Gasteiger partial charge in [-0.3, -0.25) is 0 Å². The summed E-state index contributed by atoms with van der Waals surface area (Å²) in [4.78, 5) is 0. The van der Waals surface area contributed by atoms with Gasteiger partial charge in [0, 0.05) is 13.0 Å². The van der Waals surface area contributed by atoms with Gasteiger partial charge in [-0.1, -0.05) is 30.3 Å². The smallest absolute Gasteiger partial charge is 0.170 e. The van der Waals surface area contributed by atoms with Gasteiger partial charge < -0.3 is 14.6 Å². The van der Waals surface area contributed by atoms with Crippen molar-refractivity contribution in [3.05, 3.63) is 35.9 Å². The van der Waals surface area contributed by atoms with Crippen molar-refractivity contribution in [2.45, 2.75) is 44.5 Å². The van der Waals surface area contributed by atoms with Crippen LogP contribution in [0.3, 0.4) is 0 Å². The van der Waals surface area contributed by atoms with Gasteiger partial charge in [0.25, 0.3) is 0 Å². The van der Waals surface area contributed by atoms with Crippen LogP contribution in [0.4, 0.5) is 0 Å². The minimum atomic E-state index is -0.495. The molecule has 3 heteroatoms. The fourth-order valence-electron chi connectivity index (χ4n) is 2.38. The van der Waals surface area contributed by atoms with Gasteiger partial charge in [-0.05, 0) is 31.7 Å². The van der Waals surface area contributed by atoms with Crippen LogP contribution in [-0.4, -0.2) is 30.2 Å². The van der Waals surface area contributed by atoms with Crippen LogP contribution in [0.5, 0.6) is 0 Å². The largest absolute Gasteiger partial charge is 0.396 e. The van der Waals surface area contributed by atoms with Gasteiger partial charge >= 0.3 is 0 Å². The summed E-state index contributed by atoms with van der Waals surface area (Å²) in [5.41, 5.74) is 1.23. The second kappa shape index (κ2) is 6.32. The predicted octanol–water partition coefficient (Wildman–Crippen LogP) is 2.52. The lowest BCUT2D eigenvalue weighted by Crippen LogP contribution is -2.29. The lowest BCUT2D eigenvalue weighted by atomic mass is 10.1. The summed E-state index contributed by atoms with van der Waals surface area (Å²) in [6.45, 7) is 2.93. The summed E-state index contributed by atoms with van der Waals surface area (Å²) >= 11 is 0. The molecule has 0 saturated carbocycles. The lowest BCUT2D eigenvalue weighted by molar-refractivity contribution is -0.153. The van der Waals surface area contributed by atoms with Crippen molar-refractivity contribution in [3.8, 4) is 0 Å². The fraction of sp³-hybridized carbons (Fsp3) is 0.600. The maximum absolute atomic E-state index is 8.77. The summed E-state index contributed by atoms with van der Waals surface area (Å²) in [6.07, 6.45) is 3.75. The average Bonchev–Trinajstić information content (AvgIpc) is 2.72. The van der Waals surface area contributed by atoms with Crippen molar-refractivity contribution in [1.82, 2.24) is 0 Å². The van der Waals surface area contributed by atoms with E-state index in [2.05, 4.69) is 12.1 Å². The number of hydrogen-bond donors (Lipinski definition) is 1. The van der Waals surface area contributed by atoms with Crippen molar-refractivity contribution in [1.29, 1.82) is 0 Å². The number of rotatable bonds is 6. The third-order valence-electron chi connectivity index (χ3n) is 3.29. The van der Waals surface area contributed by atoms with Crippen molar-refractivity contribution in [3.63, 3.8) is 0 Å². The van der Waals surface area contributed by atoms with Crippen LogP contribution < -0.4 is 0 Å². The first-order chi connectivity index (χ1) is 8.72. The van der Waals surface area contributed by atoms with Crippen LogP contribution in [0.2, 0.25) is 0 Å². The minimum Gasteiger partial charge on any atom is -0.396 e. The lowest BCUT2D eigenvalue weighted by Gasteiger charge is -2.23. The number of ether oxygens (including phenoxy) is 2. The Bertz CT molecular complexity index is 352. The second-order valence-corrected chi connectivity index (χ2v) is 5.07. The monoisotopic (exact) mass is 250 g/mol. The Morgan fingerprint density at radius 3 is 2.78 bits per heavy atom. The van der Waals surface area contributed by atoms with Crippen LogP contribution in [0.1, 0.15) is 31.7 Å². The van der Waals surface area contributed by atoms with Gasteiger partial charge in [-0.15, -0.1) is 0 Å². The minimum absolute atomic E-state index is 0.172. The number of benzene rings is 1. The third-order valence-corrected chi connectivity index (χ3v) is 3.29. The topological polar surface area (TPSA) is 38.7 Å². The van der Waals surface area contributed by atoms with E-state index in [-0.39, 0.29) is 12.7 Å². The standard InChI is InChI=1S/C15H22O3/c1-15(11-13-7-3-2-4-8-13)17-12-14(18-15)9-5-6-10-16/h2-4,7-8,14,16H,5-6,9-12H2,1H3. The van der Waals surface area contributed by atoms with E-state index in [1.54, 1.807) is 0 Å². The summed E-state index contributed by atoms with van der Waals surface area (Å²) < 4.78 is 11.8. The van der Waals surface area contributed by atoms with E-state index in [4.69, 9.17) is 14.6 Å². The zero-order valence-electron chi connectivity index (χ0n) is 11.0. The third kappa shape index (κ3) is 3.80. The molecule has 0 bridgehead atoms. The summed E-state index contributed by atoms with van der Waals surface area (Å²) in [5, 5.41) is 8.77. The molecule has 1 aromatic carbocycles. The Labute approximate surface area is 109 Å². The second-order valence-electron chi connectivity index (χ2n) is 5.07. The van der Waals surface area contributed by atoms with E-state index >= 15 is 0 Å². The van der Waals surface area contributed by atoms with Crippen LogP contribution in [0, 0.1) is 0 Å². The highest BCUT2D eigenvalue weighted by molar-refractivity contribution is 5.16. The highest BCUT2D eigenvalue weighted by atomic mass is 16.7. The molecule has 0 amide bonds. The normalized spacial score (nSPS) is 27.6. The first kappa shape index (κ1) is 13.5. The fourth-order valence-corrected chi connectivity index (χ4v) is 2.38. The Morgan fingerprint density at radius 1 is 1.28 bits per heavy atom. The van der Waals surface area contributed by atoms with Crippen molar-refractivity contribution < 1.29 is 14.6 Å². The van der Waals surface area contributed by atoms with Gasteiger partial charge in [0.05, 0.1) is 12.7 Å². The zero-order valence-corrected chi connectivity index (χ0v) is 11.0. The SMILES string of the molecule is CC1(Cc2ccccc2)OCC(CCCCO)O1. The molecular formula is C15H22O3. The molecule has 18 heavy (non-hydrogen) atoms. The maximum Gasteiger partial charge on any atom is 0.170 e. The molecule has 0 aromatic heterocycles. The average molecular weight is 250 g/mol.